The molecule has 118 valence electrons. The molecule has 1 aromatic rings. The lowest BCUT2D eigenvalue weighted by Crippen LogP contribution is -2.46. The van der Waals surface area contributed by atoms with Crippen molar-refractivity contribution in [3.63, 3.8) is 0 Å². The maximum atomic E-state index is 13.3. The molecule has 2 N–H and O–H groups in total. The third kappa shape index (κ3) is 4.03. The highest BCUT2D eigenvalue weighted by Gasteiger charge is 2.32. The molecule has 0 fully saturated rings. The van der Waals surface area contributed by atoms with Gasteiger partial charge in [-0.15, -0.1) is 0 Å². The SMILES string of the molecule is CCC(CC)(CO)CNC(=O)C(C)(C)c1cccc(F)c1. The molecule has 0 aliphatic heterocycles. The Balaban J connectivity index is 2.83. The van der Waals surface area contributed by atoms with E-state index in [-0.39, 0.29) is 23.7 Å². The largest absolute Gasteiger partial charge is 0.396 e. The Bertz CT molecular complexity index is 473. The fourth-order valence-electron chi connectivity index (χ4n) is 2.28. The Labute approximate surface area is 126 Å². The van der Waals surface area contributed by atoms with Crippen LogP contribution in [0.1, 0.15) is 46.1 Å². The van der Waals surface area contributed by atoms with E-state index in [0.29, 0.717) is 12.1 Å². The van der Waals surface area contributed by atoms with Crippen LogP contribution in [-0.2, 0) is 10.2 Å². The number of carbonyl (C=O) groups excluding carboxylic acids is 1. The molecule has 0 unspecified atom stereocenters. The van der Waals surface area contributed by atoms with Crippen LogP contribution in [0.2, 0.25) is 0 Å². The molecule has 1 amide bonds. The topological polar surface area (TPSA) is 49.3 Å². The minimum Gasteiger partial charge on any atom is -0.396 e. The van der Waals surface area contributed by atoms with Crippen LogP contribution in [0.4, 0.5) is 4.39 Å². The molecule has 0 heterocycles. The van der Waals surface area contributed by atoms with E-state index in [1.165, 1.54) is 12.1 Å². The van der Waals surface area contributed by atoms with Crippen molar-refractivity contribution < 1.29 is 14.3 Å². The number of carbonyl (C=O) groups is 1. The number of aliphatic hydroxyl groups is 1. The fraction of sp³-hybridized carbons (Fsp3) is 0.588. The van der Waals surface area contributed by atoms with Crippen LogP contribution in [0.5, 0.6) is 0 Å². The average molecular weight is 295 g/mol. The summed E-state index contributed by atoms with van der Waals surface area (Å²) in [7, 11) is 0. The van der Waals surface area contributed by atoms with Gasteiger partial charge in [0, 0.05) is 12.0 Å². The first-order valence-corrected chi connectivity index (χ1v) is 7.46. The average Bonchev–Trinajstić information content (AvgIpc) is 2.49. The van der Waals surface area contributed by atoms with Gasteiger partial charge in [-0.25, -0.2) is 4.39 Å². The van der Waals surface area contributed by atoms with Gasteiger partial charge in [-0.3, -0.25) is 4.79 Å². The molecule has 0 aliphatic rings. The molecule has 3 nitrogen and oxygen atoms in total. The van der Waals surface area contributed by atoms with Crippen LogP contribution in [0.3, 0.4) is 0 Å². The number of benzene rings is 1. The van der Waals surface area contributed by atoms with Crippen molar-refractivity contribution in [2.24, 2.45) is 5.41 Å². The van der Waals surface area contributed by atoms with E-state index in [9.17, 15) is 14.3 Å². The molecular formula is C17H26FNO2. The van der Waals surface area contributed by atoms with Crippen LogP contribution in [0, 0.1) is 11.2 Å². The lowest BCUT2D eigenvalue weighted by Gasteiger charge is -2.32. The number of hydrogen-bond donors (Lipinski definition) is 2. The Morgan fingerprint density at radius 3 is 2.38 bits per heavy atom. The van der Waals surface area contributed by atoms with E-state index in [1.807, 2.05) is 13.8 Å². The maximum Gasteiger partial charge on any atom is 0.230 e. The zero-order valence-corrected chi connectivity index (χ0v) is 13.4. The van der Waals surface area contributed by atoms with Gasteiger partial charge in [-0.05, 0) is 44.4 Å². The molecule has 1 rings (SSSR count). The van der Waals surface area contributed by atoms with Gasteiger partial charge in [0.05, 0.1) is 12.0 Å². The highest BCUT2D eigenvalue weighted by molar-refractivity contribution is 5.87. The summed E-state index contributed by atoms with van der Waals surface area (Å²) in [6.45, 7) is 8.02. The van der Waals surface area contributed by atoms with Crippen LogP contribution >= 0.6 is 0 Å². The molecule has 0 atom stereocenters. The zero-order chi connectivity index (χ0) is 16.1. The third-order valence-electron chi connectivity index (χ3n) is 4.57. The Morgan fingerprint density at radius 1 is 1.29 bits per heavy atom. The van der Waals surface area contributed by atoms with Gasteiger partial charge in [0.2, 0.25) is 5.91 Å². The van der Waals surface area contributed by atoms with Crippen molar-refractivity contribution in [1.29, 1.82) is 0 Å². The van der Waals surface area contributed by atoms with Gasteiger partial charge in [0.1, 0.15) is 5.82 Å². The highest BCUT2D eigenvalue weighted by Crippen LogP contribution is 2.27. The highest BCUT2D eigenvalue weighted by atomic mass is 19.1. The summed E-state index contributed by atoms with van der Waals surface area (Å²) in [5.41, 5.74) is -0.457. The van der Waals surface area contributed by atoms with Gasteiger partial charge in [-0.1, -0.05) is 26.0 Å². The van der Waals surface area contributed by atoms with Crippen molar-refractivity contribution >= 4 is 5.91 Å². The number of nitrogens with one attached hydrogen (secondary N) is 1. The number of halogens is 1. The standard InChI is InChI=1S/C17H26FNO2/c1-5-17(6-2,12-20)11-19-15(21)16(3,4)13-8-7-9-14(18)10-13/h7-10,20H,5-6,11-12H2,1-4H3,(H,19,21). The summed E-state index contributed by atoms with van der Waals surface area (Å²) in [4.78, 5) is 12.5. The summed E-state index contributed by atoms with van der Waals surface area (Å²) in [5, 5.41) is 12.5. The molecule has 0 bridgehead atoms. The van der Waals surface area contributed by atoms with E-state index >= 15 is 0 Å². The molecular weight excluding hydrogens is 269 g/mol. The molecule has 0 saturated carbocycles. The molecule has 0 radical (unpaired) electrons. The fourth-order valence-corrected chi connectivity index (χ4v) is 2.28. The molecule has 0 spiro atoms. The van der Waals surface area contributed by atoms with Gasteiger partial charge in [0.15, 0.2) is 0 Å². The smallest absolute Gasteiger partial charge is 0.230 e. The number of hydrogen-bond acceptors (Lipinski definition) is 2. The predicted octanol–water partition coefficient (Wildman–Crippen LogP) is 3.02. The van der Waals surface area contributed by atoms with E-state index < -0.39 is 5.41 Å². The van der Waals surface area contributed by atoms with Crippen molar-refractivity contribution in [1.82, 2.24) is 5.32 Å². The summed E-state index contributed by atoms with van der Waals surface area (Å²) >= 11 is 0. The van der Waals surface area contributed by atoms with Gasteiger partial charge in [0.25, 0.3) is 0 Å². The second-order valence-corrected chi connectivity index (χ2v) is 6.18. The molecule has 0 aliphatic carbocycles. The lowest BCUT2D eigenvalue weighted by atomic mass is 9.81. The number of amides is 1. The van der Waals surface area contributed by atoms with Crippen LogP contribution in [-0.4, -0.2) is 24.2 Å². The lowest BCUT2D eigenvalue weighted by molar-refractivity contribution is -0.126. The van der Waals surface area contributed by atoms with E-state index in [0.717, 1.165) is 12.8 Å². The van der Waals surface area contributed by atoms with Gasteiger partial charge < -0.3 is 10.4 Å². The first-order chi connectivity index (χ1) is 9.81. The van der Waals surface area contributed by atoms with Crippen LogP contribution in [0.15, 0.2) is 24.3 Å². The monoisotopic (exact) mass is 295 g/mol. The third-order valence-corrected chi connectivity index (χ3v) is 4.57. The first kappa shape index (κ1) is 17.6. The summed E-state index contributed by atoms with van der Waals surface area (Å²) < 4.78 is 13.3. The van der Waals surface area contributed by atoms with E-state index in [1.54, 1.807) is 26.0 Å². The Hall–Kier alpha value is -1.42. The van der Waals surface area contributed by atoms with E-state index in [2.05, 4.69) is 5.32 Å². The van der Waals surface area contributed by atoms with Crippen molar-refractivity contribution in [2.45, 2.75) is 46.0 Å². The zero-order valence-electron chi connectivity index (χ0n) is 13.4. The first-order valence-electron chi connectivity index (χ1n) is 7.46. The minimum atomic E-state index is -0.815. The second-order valence-electron chi connectivity index (χ2n) is 6.18. The van der Waals surface area contributed by atoms with E-state index in [4.69, 9.17) is 0 Å². The summed E-state index contributed by atoms with van der Waals surface area (Å²) in [6.07, 6.45) is 1.58. The minimum absolute atomic E-state index is 0.0423. The van der Waals surface area contributed by atoms with Gasteiger partial charge >= 0.3 is 0 Å². The van der Waals surface area contributed by atoms with Crippen LogP contribution in [0.25, 0.3) is 0 Å². The maximum absolute atomic E-state index is 13.3. The molecule has 4 heteroatoms. The quantitative estimate of drug-likeness (QED) is 0.812. The normalized spacial score (nSPS) is 12.3. The molecule has 21 heavy (non-hydrogen) atoms. The Kier molecular flexibility index (Phi) is 5.90. The predicted molar refractivity (Wildman–Crippen MR) is 82.5 cm³/mol. The van der Waals surface area contributed by atoms with Crippen LogP contribution < -0.4 is 5.32 Å². The summed E-state index contributed by atoms with van der Waals surface area (Å²) in [6, 6.07) is 6.11. The number of rotatable bonds is 7. The van der Waals surface area contributed by atoms with Crippen molar-refractivity contribution in [3.8, 4) is 0 Å². The summed E-state index contributed by atoms with van der Waals surface area (Å²) in [5.74, 6) is -0.506. The van der Waals surface area contributed by atoms with Crippen molar-refractivity contribution in [2.75, 3.05) is 13.2 Å². The van der Waals surface area contributed by atoms with Gasteiger partial charge in [-0.2, -0.15) is 0 Å². The Morgan fingerprint density at radius 2 is 1.90 bits per heavy atom. The molecule has 0 saturated heterocycles. The second kappa shape index (κ2) is 7.03. The van der Waals surface area contributed by atoms with Crippen molar-refractivity contribution in [3.05, 3.63) is 35.6 Å². The number of aliphatic hydroxyl groups excluding tert-OH is 1. The molecule has 0 aromatic heterocycles. The molecule has 1 aromatic carbocycles.